The molecule has 2 atom stereocenters. The first-order valence-corrected chi connectivity index (χ1v) is 6.70. The Kier molecular flexibility index (Phi) is 3.83. The van der Waals surface area contributed by atoms with Crippen LogP contribution in [0.3, 0.4) is 0 Å². The third-order valence-corrected chi connectivity index (χ3v) is 3.87. The molecule has 2 unspecified atom stereocenters. The fourth-order valence-electron chi connectivity index (χ4n) is 2.87. The summed E-state index contributed by atoms with van der Waals surface area (Å²) in [5.74, 6) is -2.01. The lowest BCUT2D eigenvalue weighted by Gasteiger charge is -2.24. The summed E-state index contributed by atoms with van der Waals surface area (Å²) in [7, 11) is 0. The van der Waals surface area contributed by atoms with Crippen LogP contribution >= 0.6 is 0 Å². The van der Waals surface area contributed by atoms with Crippen LogP contribution in [0.4, 0.5) is 0 Å². The highest BCUT2D eigenvalue weighted by molar-refractivity contribution is 6.02. The van der Waals surface area contributed by atoms with Gasteiger partial charge in [-0.15, -0.1) is 0 Å². The quantitative estimate of drug-likeness (QED) is 0.331. The Morgan fingerprint density at radius 3 is 2.25 bits per heavy atom. The summed E-state index contributed by atoms with van der Waals surface area (Å²) in [6.45, 7) is 7.37. The van der Waals surface area contributed by atoms with Crippen molar-refractivity contribution < 1.29 is 28.6 Å². The summed E-state index contributed by atoms with van der Waals surface area (Å²) in [5, 5.41) is 0. The van der Waals surface area contributed by atoms with Crippen LogP contribution in [0, 0.1) is 11.3 Å². The van der Waals surface area contributed by atoms with E-state index >= 15 is 0 Å². The van der Waals surface area contributed by atoms with Crippen molar-refractivity contribution in [3.05, 3.63) is 12.2 Å². The van der Waals surface area contributed by atoms with E-state index in [2.05, 4.69) is 6.58 Å². The first-order valence-electron chi connectivity index (χ1n) is 6.70. The fourth-order valence-corrected chi connectivity index (χ4v) is 2.87. The van der Waals surface area contributed by atoms with Gasteiger partial charge in [-0.25, -0.2) is 4.79 Å². The zero-order valence-corrected chi connectivity index (χ0v) is 11.6. The summed E-state index contributed by atoms with van der Waals surface area (Å²) in [5.41, 5.74) is -1.07. The van der Waals surface area contributed by atoms with Crippen molar-refractivity contribution in [2.24, 2.45) is 11.3 Å². The van der Waals surface area contributed by atoms with Crippen LogP contribution in [-0.2, 0) is 28.6 Å². The third-order valence-electron chi connectivity index (χ3n) is 3.87. The normalized spacial score (nSPS) is 26.9. The maximum absolute atomic E-state index is 12.2. The predicted octanol–water partition coefficient (Wildman–Crippen LogP) is 0.991. The number of ether oxygens (including phenoxy) is 3. The highest BCUT2D eigenvalue weighted by Crippen LogP contribution is 2.50. The van der Waals surface area contributed by atoms with E-state index in [0.29, 0.717) is 5.57 Å². The molecule has 0 N–H and O–H groups in total. The number of hydrogen-bond acceptors (Lipinski definition) is 6. The van der Waals surface area contributed by atoms with Crippen LogP contribution in [0.25, 0.3) is 0 Å². The van der Waals surface area contributed by atoms with Gasteiger partial charge < -0.3 is 14.2 Å². The van der Waals surface area contributed by atoms with E-state index in [9.17, 15) is 14.4 Å². The van der Waals surface area contributed by atoms with Gasteiger partial charge in [0.1, 0.15) is 6.10 Å². The van der Waals surface area contributed by atoms with Crippen LogP contribution in [0.15, 0.2) is 12.2 Å². The van der Waals surface area contributed by atoms with Gasteiger partial charge in [-0.3, -0.25) is 9.59 Å². The molecule has 110 valence electrons. The molecule has 2 fully saturated rings. The smallest absolute Gasteiger partial charge is 0.334 e. The Morgan fingerprint density at radius 2 is 1.80 bits per heavy atom. The van der Waals surface area contributed by atoms with Gasteiger partial charge in [-0.2, -0.15) is 0 Å². The lowest BCUT2D eigenvalue weighted by Crippen LogP contribution is -2.41. The number of carbonyl (C=O) groups is 3. The molecule has 6 nitrogen and oxygen atoms in total. The number of rotatable bonds is 4. The third kappa shape index (κ3) is 2.09. The lowest BCUT2D eigenvalue weighted by atomic mass is 9.84. The minimum absolute atomic E-state index is 0.0973. The summed E-state index contributed by atoms with van der Waals surface area (Å²) < 4.78 is 15.2. The van der Waals surface area contributed by atoms with Crippen LogP contribution < -0.4 is 0 Å². The number of fused-ring (bicyclic) bond motifs is 1. The van der Waals surface area contributed by atoms with E-state index in [1.54, 1.807) is 13.8 Å². The van der Waals surface area contributed by atoms with E-state index in [0.717, 1.165) is 0 Å². The molecule has 0 aromatic carbocycles. The van der Waals surface area contributed by atoms with Gasteiger partial charge >= 0.3 is 17.9 Å². The van der Waals surface area contributed by atoms with Crippen molar-refractivity contribution in [2.45, 2.75) is 32.8 Å². The lowest BCUT2D eigenvalue weighted by molar-refractivity contribution is -0.173. The molecule has 20 heavy (non-hydrogen) atoms. The monoisotopic (exact) mass is 282 g/mol. The first kappa shape index (κ1) is 14.6. The predicted molar refractivity (Wildman–Crippen MR) is 67.4 cm³/mol. The van der Waals surface area contributed by atoms with Gasteiger partial charge in [0.25, 0.3) is 0 Å². The summed E-state index contributed by atoms with van der Waals surface area (Å²) >= 11 is 0. The van der Waals surface area contributed by atoms with E-state index in [1.165, 1.54) is 0 Å². The maximum atomic E-state index is 12.2. The van der Waals surface area contributed by atoms with Gasteiger partial charge in [0.15, 0.2) is 5.41 Å². The Hall–Kier alpha value is -1.85. The molecular weight excluding hydrogens is 264 g/mol. The first-order chi connectivity index (χ1) is 9.46. The molecule has 0 aromatic heterocycles. The van der Waals surface area contributed by atoms with Crippen molar-refractivity contribution in [3.63, 3.8) is 0 Å². The highest BCUT2D eigenvalue weighted by Gasteiger charge is 2.62. The summed E-state index contributed by atoms with van der Waals surface area (Å²) in [6.07, 6.45) is -0.246. The second-order valence-corrected chi connectivity index (χ2v) is 5.01. The van der Waals surface area contributed by atoms with Gasteiger partial charge in [0.2, 0.25) is 0 Å². The standard InChI is InChI=1S/C14H18O6/c1-4-18-12(16)14(13(17)19-5-2)6-9-8(3)11(15)20-10(9)7-14/h9-10H,3-7H2,1-2H3. The Morgan fingerprint density at radius 1 is 1.25 bits per heavy atom. The molecule has 2 aliphatic rings. The van der Waals surface area contributed by atoms with Crippen LogP contribution in [0.1, 0.15) is 26.7 Å². The van der Waals surface area contributed by atoms with Crippen molar-refractivity contribution in [3.8, 4) is 0 Å². The summed E-state index contributed by atoms with van der Waals surface area (Å²) in [6, 6.07) is 0. The maximum Gasteiger partial charge on any atom is 0.334 e. The SMILES string of the molecule is C=C1C(=O)OC2CC(C(=O)OCC)(C(=O)OCC)CC12. The minimum Gasteiger partial charge on any atom is -0.465 e. The zero-order chi connectivity index (χ0) is 14.9. The molecule has 0 spiro atoms. The Bertz CT molecular complexity index is 448. The number of carbonyl (C=O) groups excluding carboxylic acids is 3. The Balaban J connectivity index is 2.27. The molecule has 1 saturated carbocycles. The second kappa shape index (κ2) is 5.26. The van der Waals surface area contributed by atoms with Gasteiger partial charge in [-0.1, -0.05) is 6.58 Å². The molecule has 1 heterocycles. The van der Waals surface area contributed by atoms with Crippen LogP contribution in [-0.4, -0.2) is 37.2 Å². The minimum atomic E-state index is -1.38. The molecule has 1 aliphatic heterocycles. The molecule has 0 radical (unpaired) electrons. The molecule has 1 saturated heterocycles. The summed E-state index contributed by atoms with van der Waals surface area (Å²) in [4.78, 5) is 35.9. The number of esters is 3. The number of hydrogen-bond donors (Lipinski definition) is 0. The topological polar surface area (TPSA) is 78.9 Å². The van der Waals surface area contributed by atoms with E-state index in [4.69, 9.17) is 14.2 Å². The molecule has 6 heteroatoms. The highest BCUT2D eigenvalue weighted by atomic mass is 16.6. The average molecular weight is 282 g/mol. The van der Waals surface area contributed by atoms with Crippen molar-refractivity contribution in [2.75, 3.05) is 13.2 Å². The molecule has 0 aromatic rings. The Labute approximate surface area is 117 Å². The van der Waals surface area contributed by atoms with Crippen molar-refractivity contribution >= 4 is 17.9 Å². The zero-order valence-electron chi connectivity index (χ0n) is 11.6. The molecule has 2 rings (SSSR count). The van der Waals surface area contributed by atoms with E-state index in [-0.39, 0.29) is 32.0 Å². The van der Waals surface area contributed by atoms with Crippen molar-refractivity contribution in [1.82, 2.24) is 0 Å². The van der Waals surface area contributed by atoms with Gasteiger partial charge in [0, 0.05) is 17.9 Å². The molecule has 0 bridgehead atoms. The van der Waals surface area contributed by atoms with Crippen LogP contribution in [0.5, 0.6) is 0 Å². The van der Waals surface area contributed by atoms with E-state index in [1.807, 2.05) is 0 Å². The van der Waals surface area contributed by atoms with Gasteiger partial charge in [-0.05, 0) is 20.3 Å². The largest absolute Gasteiger partial charge is 0.465 e. The van der Waals surface area contributed by atoms with Crippen LogP contribution in [0.2, 0.25) is 0 Å². The molecular formula is C14H18O6. The van der Waals surface area contributed by atoms with Crippen molar-refractivity contribution in [1.29, 1.82) is 0 Å². The fraction of sp³-hybridized carbons (Fsp3) is 0.643. The average Bonchev–Trinajstić information content (AvgIpc) is 2.89. The molecule has 0 amide bonds. The van der Waals surface area contributed by atoms with Gasteiger partial charge in [0.05, 0.1) is 13.2 Å². The van der Waals surface area contributed by atoms with E-state index < -0.39 is 29.4 Å². The second-order valence-electron chi connectivity index (χ2n) is 5.01. The molecule has 1 aliphatic carbocycles.